The number of hydrogen-bond acceptors (Lipinski definition) is 4. The Morgan fingerprint density at radius 3 is 2.78 bits per heavy atom. The van der Waals surface area contributed by atoms with Crippen LogP contribution in [-0.4, -0.2) is 16.1 Å². The second-order valence-electron chi connectivity index (χ2n) is 3.88. The Hall–Kier alpha value is -0.680. The third kappa shape index (κ3) is 2.83. The molecule has 0 bridgehead atoms. The lowest BCUT2D eigenvalue weighted by Crippen LogP contribution is -2.22. The number of rotatable bonds is 4. The molecule has 0 saturated heterocycles. The van der Waals surface area contributed by atoms with Gasteiger partial charge in [0.1, 0.15) is 0 Å². The number of hydrogen-bond donors (Lipinski definition) is 1. The standard InChI is InChI=1S/C12H13Cl2N3S/c1-3-15-11(12-7(2)16-17-18-12)9-6-8(13)4-5-10(9)14/h4-6,11,15H,3H2,1-2H3. The minimum absolute atomic E-state index is 0.0128. The first-order valence-corrected chi connectivity index (χ1v) is 7.13. The molecular weight excluding hydrogens is 289 g/mol. The van der Waals surface area contributed by atoms with Crippen LogP contribution in [0, 0.1) is 6.92 Å². The number of benzene rings is 1. The molecule has 1 N–H and O–H groups in total. The van der Waals surface area contributed by atoms with Crippen LogP contribution in [-0.2, 0) is 0 Å². The Labute approximate surface area is 120 Å². The smallest absolute Gasteiger partial charge is 0.0776 e. The van der Waals surface area contributed by atoms with E-state index in [9.17, 15) is 0 Å². The average Bonchev–Trinajstić information content (AvgIpc) is 2.76. The molecular formula is C12H13Cl2N3S. The summed E-state index contributed by atoms with van der Waals surface area (Å²) in [4.78, 5) is 1.07. The van der Waals surface area contributed by atoms with Gasteiger partial charge in [-0.2, -0.15) is 0 Å². The Balaban J connectivity index is 2.48. The Morgan fingerprint density at radius 2 is 2.17 bits per heavy atom. The summed E-state index contributed by atoms with van der Waals surface area (Å²) in [6.45, 7) is 4.82. The lowest BCUT2D eigenvalue weighted by atomic mass is 10.0. The fraction of sp³-hybridized carbons (Fsp3) is 0.333. The SMILES string of the molecule is CCNC(c1cc(Cl)ccc1Cl)c1snnc1C. The van der Waals surface area contributed by atoms with Crippen LogP contribution in [0.4, 0.5) is 0 Å². The molecule has 0 spiro atoms. The molecule has 0 fully saturated rings. The molecule has 0 amide bonds. The molecule has 1 unspecified atom stereocenters. The van der Waals surface area contributed by atoms with Gasteiger partial charge in [0.15, 0.2) is 0 Å². The maximum Gasteiger partial charge on any atom is 0.0776 e. The maximum absolute atomic E-state index is 6.26. The fourth-order valence-corrected chi connectivity index (χ4v) is 2.93. The molecule has 2 rings (SSSR count). The second kappa shape index (κ2) is 5.97. The molecule has 18 heavy (non-hydrogen) atoms. The normalized spacial score (nSPS) is 12.7. The first-order chi connectivity index (χ1) is 8.63. The van der Waals surface area contributed by atoms with Crippen molar-refractivity contribution in [2.24, 2.45) is 0 Å². The van der Waals surface area contributed by atoms with Gasteiger partial charge in [-0.25, -0.2) is 0 Å². The molecule has 1 aromatic carbocycles. The predicted octanol–water partition coefficient (Wildman–Crippen LogP) is 3.85. The molecule has 6 heteroatoms. The lowest BCUT2D eigenvalue weighted by molar-refractivity contribution is 0.635. The van der Waals surface area contributed by atoms with Crippen molar-refractivity contribution in [2.75, 3.05) is 6.54 Å². The number of aryl methyl sites for hydroxylation is 1. The molecule has 0 aliphatic rings. The zero-order valence-electron chi connectivity index (χ0n) is 10.1. The van der Waals surface area contributed by atoms with Gasteiger partial charge in [0.25, 0.3) is 0 Å². The number of halogens is 2. The largest absolute Gasteiger partial charge is 0.306 e. The molecule has 2 aromatic rings. The molecule has 3 nitrogen and oxygen atoms in total. The highest BCUT2D eigenvalue weighted by molar-refractivity contribution is 7.05. The van der Waals surface area contributed by atoms with E-state index < -0.39 is 0 Å². The van der Waals surface area contributed by atoms with Gasteiger partial charge in [-0.05, 0) is 48.8 Å². The highest BCUT2D eigenvalue weighted by Gasteiger charge is 2.21. The summed E-state index contributed by atoms with van der Waals surface area (Å²) in [5.41, 5.74) is 1.88. The number of nitrogens with one attached hydrogen (secondary N) is 1. The van der Waals surface area contributed by atoms with Crippen molar-refractivity contribution in [1.29, 1.82) is 0 Å². The molecule has 0 aliphatic heterocycles. The Bertz CT molecular complexity index is 542. The molecule has 1 aromatic heterocycles. The summed E-state index contributed by atoms with van der Waals surface area (Å²) in [6, 6.07) is 5.47. The Morgan fingerprint density at radius 1 is 1.39 bits per heavy atom. The highest BCUT2D eigenvalue weighted by atomic mass is 35.5. The summed E-state index contributed by atoms with van der Waals surface area (Å²) in [7, 11) is 0. The average molecular weight is 302 g/mol. The van der Waals surface area contributed by atoms with Gasteiger partial charge in [0.05, 0.1) is 16.6 Å². The summed E-state index contributed by atoms with van der Waals surface area (Å²) < 4.78 is 3.98. The van der Waals surface area contributed by atoms with E-state index >= 15 is 0 Å². The van der Waals surface area contributed by atoms with Crippen molar-refractivity contribution in [3.05, 3.63) is 44.4 Å². The Kier molecular flexibility index (Phi) is 4.56. The topological polar surface area (TPSA) is 37.8 Å². The monoisotopic (exact) mass is 301 g/mol. The van der Waals surface area contributed by atoms with E-state index in [0.29, 0.717) is 10.0 Å². The van der Waals surface area contributed by atoms with Crippen LogP contribution < -0.4 is 5.32 Å². The van der Waals surface area contributed by atoms with Crippen molar-refractivity contribution < 1.29 is 0 Å². The minimum Gasteiger partial charge on any atom is -0.306 e. The van der Waals surface area contributed by atoms with Gasteiger partial charge in [0, 0.05) is 10.0 Å². The number of nitrogens with zero attached hydrogens (tertiary/aromatic N) is 2. The molecule has 0 radical (unpaired) electrons. The summed E-state index contributed by atoms with van der Waals surface area (Å²) in [6.07, 6.45) is 0. The van der Waals surface area contributed by atoms with Crippen LogP contribution in [0.2, 0.25) is 10.0 Å². The van der Waals surface area contributed by atoms with E-state index in [1.54, 1.807) is 6.07 Å². The van der Waals surface area contributed by atoms with Gasteiger partial charge in [-0.1, -0.05) is 34.6 Å². The zero-order valence-corrected chi connectivity index (χ0v) is 12.4. The highest BCUT2D eigenvalue weighted by Crippen LogP contribution is 2.33. The van der Waals surface area contributed by atoms with Gasteiger partial charge >= 0.3 is 0 Å². The minimum atomic E-state index is -0.0128. The zero-order chi connectivity index (χ0) is 13.1. The third-order valence-corrected chi connectivity index (χ3v) is 4.10. The van der Waals surface area contributed by atoms with Gasteiger partial charge in [0.2, 0.25) is 0 Å². The molecule has 0 aliphatic carbocycles. The summed E-state index contributed by atoms with van der Waals surface area (Å²) in [5.74, 6) is 0. The number of aromatic nitrogens is 2. The van der Waals surface area contributed by atoms with Crippen LogP contribution >= 0.6 is 34.7 Å². The van der Waals surface area contributed by atoms with E-state index in [-0.39, 0.29) is 6.04 Å². The molecule has 0 saturated carbocycles. The van der Waals surface area contributed by atoms with Crippen molar-refractivity contribution in [3.63, 3.8) is 0 Å². The quantitative estimate of drug-likeness (QED) is 0.932. The molecule has 1 heterocycles. The third-order valence-electron chi connectivity index (χ3n) is 2.63. The van der Waals surface area contributed by atoms with Crippen molar-refractivity contribution in [2.45, 2.75) is 19.9 Å². The first kappa shape index (κ1) is 13.7. The second-order valence-corrected chi connectivity index (χ2v) is 5.51. The van der Waals surface area contributed by atoms with Crippen molar-refractivity contribution >= 4 is 34.7 Å². The van der Waals surface area contributed by atoms with Gasteiger partial charge < -0.3 is 5.32 Å². The van der Waals surface area contributed by atoms with Crippen molar-refractivity contribution in [1.82, 2.24) is 14.9 Å². The van der Waals surface area contributed by atoms with Crippen LogP contribution in [0.1, 0.15) is 29.1 Å². The van der Waals surface area contributed by atoms with Crippen LogP contribution in [0.15, 0.2) is 18.2 Å². The van der Waals surface area contributed by atoms with Crippen LogP contribution in [0.3, 0.4) is 0 Å². The predicted molar refractivity (Wildman–Crippen MR) is 76.6 cm³/mol. The van der Waals surface area contributed by atoms with Gasteiger partial charge in [-0.15, -0.1) is 5.10 Å². The van der Waals surface area contributed by atoms with E-state index in [2.05, 4.69) is 21.8 Å². The van der Waals surface area contributed by atoms with E-state index in [4.69, 9.17) is 23.2 Å². The van der Waals surface area contributed by atoms with E-state index in [0.717, 1.165) is 22.7 Å². The van der Waals surface area contributed by atoms with E-state index in [1.165, 1.54) is 11.5 Å². The van der Waals surface area contributed by atoms with E-state index in [1.807, 2.05) is 19.1 Å². The maximum atomic E-state index is 6.26. The fourth-order valence-electron chi connectivity index (χ4n) is 1.79. The summed E-state index contributed by atoms with van der Waals surface area (Å²) >= 11 is 13.7. The molecule has 1 atom stereocenters. The van der Waals surface area contributed by atoms with Crippen LogP contribution in [0.25, 0.3) is 0 Å². The lowest BCUT2D eigenvalue weighted by Gasteiger charge is -2.18. The molecule has 96 valence electrons. The van der Waals surface area contributed by atoms with Crippen molar-refractivity contribution in [3.8, 4) is 0 Å². The van der Waals surface area contributed by atoms with Crippen LogP contribution in [0.5, 0.6) is 0 Å². The first-order valence-electron chi connectivity index (χ1n) is 5.60. The van der Waals surface area contributed by atoms with Gasteiger partial charge in [-0.3, -0.25) is 0 Å². The summed E-state index contributed by atoms with van der Waals surface area (Å²) in [5, 5.41) is 8.81.